The monoisotopic (exact) mass is 1100 g/mol. The Morgan fingerprint density at radius 3 is 1.17 bits per heavy atom. The standard InChI is InChI=1S/C85H56N2/c1-3-20-60(21-4-1)69-26-7-8-27-70(69)61-46-50-66(51-47-61)85(78-33-14-9-29-72(78)73-30-10-15-34-79(73)85)67-23-19-22-63(54-67)59-40-38-57(39-41-59)58-42-44-62(45-43-58)71-28-11-16-35-80(71)87-82-37-18-13-32-75(82)77-56-65(49-53-84(77)87)64-48-52-83-76(55-64)74-31-12-17-36-81(74)86(83)68-24-5-2-6-25-68/h1-56H. The normalized spacial score (nSPS) is 12.5. The fraction of sp³-hybridized carbons (Fsp3) is 0.0118. The maximum Gasteiger partial charge on any atom is 0.0713 e. The van der Waals surface area contributed by atoms with Crippen molar-refractivity contribution in [3.63, 3.8) is 0 Å². The van der Waals surface area contributed by atoms with Crippen molar-refractivity contribution in [3.8, 4) is 89.3 Å². The quantitative estimate of drug-likeness (QED) is 0.129. The van der Waals surface area contributed by atoms with Gasteiger partial charge in [-0.1, -0.05) is 279 Å². The van der Waals surface area contributed by atoms with Crippen molar-refractivity contribution in [3.05, 3.63) is 362 Å². The molecule has 16 aromatic rings. The van der Waals surface area contributed by atoms with E-state index in [9.17, 15) is 0 Å². The molecule has 406 valence electrons. The largest absolute Gasteiger partial charge is 0.309 e. The molecule has 1 aliphatic carbocycles. The zero-order valence-corrected chi connectivity index (χ0v) is 47.7. The van der Waals surface area contributed by atoms with Crippen LogP contribution in [0.15, 0.2) is 340 Å². The smallest absolute Gasteiger partial charge is 0.0713 e. The van der Waals surface area contributed by atoms with E-state index in [1.54, 1.807) is 0 Å². The lowest BCUT2D eigenvalue weighted by Gasteiger charge is -2.34. The van der Waals surface area contributed by atoms with E-state index >= 15 is 0 Å². The van der Waals surface area contributed by atoms with E-state index in [1.807, 2.05) is 0 Å². The molecule has 1 aliphatic rings. The van der Waals surface area contributed by atoms with E-state index in [4.69, 9.17) is 0 Å². The molecule has 0 spiro atoms. The van der Waals surface area contributed by atoms with Crippen molar-refractivity contribution in [2.24, 2.45) is 0 Å². The molecular weight excluding hydrogens is 1050 g/mol. The summed E-state index contributed by atoms with van der Waals surface area (Å²) in [6, 6.07) is 126. The van der Waals surface area contributed by atoms with Crippen LogP contribution in [0.25, 0.3) is 133 Å². The van der Waals surface area contributed by atoms with E-state index < -0.39 is 5.41 Å². The van der Waals surface area contributed by atoms with Gasteiger partial charge in [-0.25, -0.2) is 0 Å². The summed E-state index contributed by atoms with van der Waals surface area (Å²) >= 11 is 0. The predicted molar refractivity (Wildman–Crippen MR) is 365 cm³/mol. The number of para-hydroxylation sites is 4. The molecule has 0 aliphatic heterocycles. The Hall–Kier alpha value is -11.3. The van der Waals surface area contributed by atoms with E-state index in [-0.39, 0.29) is 0 Å². The van der Waals surface area contributed by atoms with Gasteiger partial charge in [0.1, 0.15) is 0 Å². The average Bonchev–Trinajstić information content (AvgIpc) is 2.85. The van der Waals surface area contributed by atoms with Gasteiger partial charge < -0.3 is 9.13 Å². The Morgan fingerprint density at radius 2 is 0.575 bits per heavy atom. The van der Waals surface area contributed by atoms with Crippen LogP contribution in [0.3, 0.4) is 0 Å². The third-order valence-electron chi connectivity index (χ3n) is 18.5. The van der Waals surface area contributed by atoms with Crippen LogP contribution >= 0.6 is 0 Å². The lowest BCUT2D eigenvalue weighted by atomic mass is 9.67. The Balaban J connectivity index is 0.690. The highest BCUT2D eigenvalue weighted by molar-refractivity contribution is 6.13. The second-order valence-electron chi connectivity index (χ2n) is 23.1. The molecule has 87 heavy (non-hydrogen) atoms. The summed E-state index contributed by atoms with van der Waals surface area (Å²) in [6.07, 6.45) is 0. The summed E-state index contributed by atoms with van der Waals surface area (Å²) < 4.78 is 4.84. The van der Waals surface area contributed by atoms with E-state index in [2.05, 4.69) is 349 Å². The minimum Gasteiger partial charge on any atom is -0.309 e. The molecule has 14 aromatic carbocycles. The van der Waals surface area contributed by atoms with Gasteiger partial charge >= 0.3 is 0 Å². The van der Waals surface area contributed by atoms with Crippen LogP contribution in [0.1, 0.15) is 22.3 Å². The predicted octanol–water partition coefficient (Wildman–Crippen LogP) is 22.2. The summed E-state index contributed by atoms with van der Waals surface area (Å²) in [5, 5.41) is 4.97. The average molecular weight is 1110 g/mol. The molecule has 0 saturated heterocycles. The van der Waals surface area contributed by atoms with Gasteiger partial charge in [0, 0.05) is 32.8 Å². The first-order valence-electron chi connectivity index (χ1n) is 30.1. The van der Waals surface area contributed by atoms with Gasteiger partial charge in [0.2, 0.25) is 0 Å². The molecule has 0 N–H and O–H groups in total. The maximum absolute atomic E-state index is 2.46. The van der Waals surface area contributed by atoms with Gasteiger partial charge in [-0.2, -0.15) is 0 Å². The third kappa shape index (κ3) is 8.10. The molecule has 0 saturated carbocycles. The highest BCUT2D eigenvalue weighted by Gasteiger charge is 2.46. The molecule has 17 rings (SSSR count). The summed E-state index contributed by atoms with van der Waals surface area (Å²) in [7, 11) is 0. The lowest BCUT2D eigenvalue weighted by molar-refractivity contribution is 0.769. The van der Waals surface area contributed by atoms with Gasteiger partial charge in [-0.3, -0.25) is 0 Å². The molecule has 0 radical (unpaired) electrons. The third-order valence-corrected chi connectivity index (χ3v) is 18.5. The molecule has 0 bridgehead atoms. The van der Waals surface area contributed by atoms with Gasteiger partial charge in [-0.05, 0) is 155 Å². The summed E-state index contributed by atoms with van der Waals surface area (Å²) in [4.78, 5) is 0. The Kier molecular flexibility index (Phi) is 11.8. The van der Waals surface area contributed by atoms with E-state index in [0.717, 1.165) is 5.69 Å². The SMILES string of the molecule is c1ccc(-c2ccccc2-c2ccc(C3(c4cccc(-c5ccc(-c6ccc(-c7ccccc7-n7c8ccccc8c8cc(-c9ccc%10c(c9)c9ccccc9n%10-c9ccccc9)ccc87)cc6)cc5)c4)c4ccccc4-c4ccccc43)cc2)cc1. The molecule has 2 nitrogen and oxygen atoms in total. The number of aromatic nitrogens is 2. The summed E-state index contributed by atoms with van der Waals surface area (Å²) in [5.74, 6) is 0. The highest BCUT2D eigenvalue weighted by atomic mass is 15.0. The summed E-state index contributed by atoms with van der Waals surface area (Å²) in [5.41, 5.74) is 28.6. The van der Waals surface area contributed by atoms with Crippen LogP contribution in [0.4, 0.5) is 0 Å². The fourth-order valence-corrected chi connectivity index (χ4v) is 14.5. The molecule has 2 aromatic heterocycles. The van der Waals surface area contributed by atoms with E-state index in [1.165, 1.54) is 149 Å². The number of fused-ring (bicyclic) bond motifs is 9. The van der Waals surface area contributed by atoms with Crippen molar-refractivity contribution in [2.75, 3.05) is 0 Å². The molecule has 0 amide bonds. The number of rotatable bonds is 10. The lowest BCUT2D eigenvalue weighted by Crippen LogP contribution is -2.28. The minimum atomic E-state index is -0.532. The van der Waals surface area contributed by atoms with Crippen LogP contribution in [0.2, 0.25) is 0 Å². The van der Waals surface area contributed by atoms with Crippen LogP contribution in [-0.4, -0.2) is 9.13 Å². The van der Waals surface area contributed by atoms with Crippen LogP contribution in [0.5, 0.6) is 0 Å². The molecule has 2 heterocycles. The van der Waals surface area contributed by atoms with Crippen LogP contribution < -0.4 is 0 Å². The topological polar surface area (TPSA) is 9.86 Å². The first-order valence-corrected chi connectivity index (χ1v) is 30.1. The molecule has 0 atom stereocenters. The van der Waals surface area contributed by atoms with Crippen LogP contribution in [-0.2, 0) is 5.41 Å². The van der Waals surface area contributed by atoms with Crippen molar-refractivity contribution < 1.29 is 0 Å². The van der Waals surface area contributed by atoms with Gasteiger partial charge in [0.05, 0.1) is 33.2 Å². The van der Waals surface area contributed by atoms with Crippen LogP contribution in [0, 0.1) is 0 Å². The Labute approximate surface area is 506 Å². The zero-order chi connectivity index (χ0) is 57.4. The maximum atomic E-state index is 2.46. The zero-order valence-electron chi connectivity index (χ0n) is 47.7. The first-order chi connectivity index (χ1) is 43.2. The number of benzene rings is 14. The molecule has 2 heteroatoms. The number of hydrogen-bond acceptors (Lipinski definition) is 0. The second-order valence-corrected chi connectivity index (χ2v) is 23.1. The second kappa shape index (κ2) is 20.5. The number of nitrogens with zero attached hydrogens (tertiary/aromatic N) is 2. The molecule has 0 fully saturated rings. The molecule has 0 unspecified atom stereocenters. The Morgan fingerprint density at radius 1 is 0.195 bits per heavy atom. The van der Waals surface area contributed by atoms with Gasteiger partial charge in [-0.15, -0.1) is 0 Å². The van der Waals surface area contributed by atoms with Gasteiger partial charge in [0.15, 0.2) is 0 Å². The van der Waals surface area contributed by atoms with Gasteiger partial charge in [0.25, 0.3) is 0 Å². The summed E-state index contributed by atoms with van der Waals surface area (Å²) in [6.45, 7) is 0. The molecular formula is C85H56N2. The first kappa shape index (κ1) is 50.2. The fourth-order valence-electron chi connectivity index (χ4n) is 14.5. The van der Waals surface area contributed by atoms with Crippen molar-refractivity contribution in [1.82, 2.24) is 9.13 Å². The minimum absolute atomic E-state index is 0.532. The highest BCUT2D eigenvalue weighted by Crippen LogP contribution is 2.57. The van der Waals surface area contributed by atoms with Crippen molar-refractivity contribution in [2.45, 2.75) is 5.41 Å². The number of hydrogen-bond donors (Lipinski definition) is 0. The Bertz CT molecular complexity index is 5250. The van der Waals surface area contributed by atoms with Crippen molar-refractivity contribution >= 4 is 43.6 Å². The van der Waals surface area contributed by atoms with Crippen molar-refractivity contribution in [1.29, 1.82) is 0 Å². The van der Waals surface area contributed by atoms with E-state index in [0.29, 0.717) is 0 Å².